The minimum atomic E-state index is -0.671. The quantitative estimate of drug-likeness (QED) is 0.874. The van der Waals surface area contributed by atoms with Crippen molar-refractivity contribution in [1.29, 1.82) is 0 Å². The first-order valence-electron chi connectivity index (χ1n) is 6.31. The zero-order valence-corrected chi connectivity index (χ0v) is 12.4. The van der Waals surface area contributed by atoms with Gasteiger partial charge in [0.2, 0.25) is 5.91 Å². The first kappa shape index (κ1) is 15.4. The lowest BCUT2D eigenvalue weighted by atomic mass is 10.3. The van der Waals surface area contributed by atoms with Crippen LogP contribution in [0.1, 0.15) is 12.5 Å². The molecule has 110 valence electrons. The standard InChI is InChI=1S/C15H14F2N2OS/c1-9-3-6-14(18-8-9)21-10(2)15(20)19-13-7-11(16)4-5-12(13)17/h3-8,10H,1-2H3,(H,19,20). The molecule has 6 heteroatoms. The fourth-order valence-corrected chi connectivity index (χ4v) is 2.37. The summed E-state index contributed by atoms with van der Waals surface area (Å²) < 4.78 is 26.5. The summed E-state index contributed by atoms with van der Waals surface area (Å²) in [7, 11) is 0. The molecule has 3 nitrogen and oxygen atoms in total. The van der Waals surface area contributed by atoms with Gasteiger partial charge in [0.25, 0.3) is 0 Å². The van der Waals surface area contributed by atoms with Gasteiger partial charge in [0.15, 0.2) is 0 Å². The Balaban J connectivity index is 2.02. The molecule has 0 saturated heterocycles. The summed E-state index contributed by atoms with van der Waals surface area (Å²) in [6, 6.07) is 6.64. The Hall–Kier alpha value is -1.95. The molecule has 0 aliphatic heterocycles. The highest BCUT2D eigenvalue weighted by Gasteiger charge is 2.17. The van der Waals surface area contributed by atoms with E-state index in [4.69, 9.17) is 0 Å². The van der Waals surface area contributed by atoms with Crippen molar-refractivity contribution in [3.63, 3.8) is 0 Å². The highest BCUT2D eigenvalue weighted by Crippen LogP contribution is 2.23. The topological polar surface area (TPSA) is 42.0 Å². The lowest BCUT2D eigenvalue weighted by molar-refractivity contribution is -0.115. The van der Waals surface area contributed by atoms with Crippen molar-refractivity contribution in [3.05, 3.63) is 53.7 Å². The smallest absolute Gasteiger partial charge is 0.237 e. The fraction of sp³-hybridized carbons (Fsp3) is 0.200. The molecule has 0 radical (unpaired) electrons. The molecule has 21 heavy (non-hydrogen) atoms. The number of carbonyl (C=O) groups is 1. The number of amides is 1. The number of rotatable bonds is 4. The highest BCUT2D eigenvalue weighted by molar-refractivity contribution is 8.00. The Labute approximate surface area is 125 Å². The van der Waals surface area contributed by atoms with Crippen LogP contribution in [0.4, 0.5) is 14.5 Å². The third-order valence-electron chi connectivity index (χ3n) is 2.74. The van der Waals surface area contributed by atoms with Crippen LogP contribution in [0.2, 0.25) is 0 Å². The highest BCUT2D eigenvalue weighted by atomic mass is 32.2. The van der Waals surface area contributed by atoms with E-state index in [-0.39, 0.29) is 5.69 Å². The maximum absolute atomic E-state index is 13.5. The minimum absolute atomic E-state index is 0.163. The maximum atomic E-state index is 13.5. The number of carbonyl (C=O) groups excluding carboxylic acids is 1. The van der Waals surface area contributed by atoms with Gasteiger partial charge >= 0.3 is 0 Å². The molecule has 0 aliphatic rings. The molecule has 1 heterocycles. The Kier molecular flexibility index (Phi) is 4.90. The lowest BCUT2D eigenvalue weighted by Gasteiger charge is -2.12. The van der Waals surface area contributed by atoms with E-state index >= 15 is 0 Å². The predicted octanol–water partition coefficient (Wildman–Crippen LogP) is 3.79. The molecule has 1 atom stereocenters. The third kappa shape index (κ3) is 4.26. The van der Waals surface area contributed by atoms with Crippen LogP contribution in [0.15, 0.2) is 41.6 Å². The van der Waals surface area contributed by atoms with E-state index in [1.807, 2.05) is 19.1 Å². The second kappa shape index (κ2) is 6.67. The molecule has 1 unspecified atom stereocenters. The largest absolute Gasteiger partial charge is 0.323 e. The molecule has 0 aliphatic carbocycles. The monoisotopic (exact) mass is 308 g/mol. The number of aromatic nitrogens is 1. The number of halogens is 2. The lowest BCUT2D eigenvalue weighted by Crippen LogP contribution is -2.23. The summed E-state index contributed by atoms with van der Waals surface area (Å²) in [5.74, 6) is -1.69. The average Bonchev–Trinajstić information content (AvgIpc) is 2.45. The average molecular weight is 308 g/mol. The molecular weight excluding hydrogens is 294 g/mol. The van der Waals surface area contributed by atoms with E-state index < -0.39 is 22.8 Å². The van der Waals surface area contributed by atoms with Gasteiger partial charge in [-0.15, -0.1) is 0 Å². The number of nitrogens with zero attached hydrogens (tertiary/aromatic N) is 1. The first-order valence-corrected chi connectivity index (χ1v) is 7.19. The zero-order chi connectivity index (χ0) is 15.4. The van der Waals surface area contributed by atoms with E-state index in [0.29, 0.717) is 5.03 Å². The van der Waals surface area contributed by atoms with Crippen molar-refractivity contribution in [1.82, 2.24) is 4.98 Å². The fourth-order valence-electron chi connectivity index (χ4n) is 1.59. The minimum Gasteiger partial charge on any atom is -0.323 e. The molecule has 2 aromatic rings. The number of thioether (sulfide) groups is 1. The molecule has 1 amide bonds. The van der Waals surface area contributed by atoms with Crippen LogP contribution in [0, 0.1) is 18.6 Å². The molecular formula is C15H14F2N2OS. The van der Waals surface area contributed by atoms with E-state index in [2.05, 4.69) is 10.3 Å². The van der Waals surface area contributed by atoms with Crippen LogP contribution in [0.5, 0.6) is 0 Å². The molecule has 1 aromatic carbocycles. The third-order valence-corrected chi connectivity index (χ3v) is 3.79. The number of aryl methyl sites for hydroxylation is 1. The second-order valence-electron chi connectivity index (χ2n) is 4.55. The van der Waals surface area contributed by atoms with Crippen molar-refractivity contribution in [2.24, 2.45) is 0 Å². The normalized spacial score (nSPS) is 12.0. The summed E-state index contributed by atoms with van der Waals surface area (Å²) >= 11 is 1.25. The predicted molar refractivity (Wildman–Crippen MR) is 79.3 cm³/mol. The van der Waals surface area contributed by atoms with Crippen LogP contribution >= 0.6 is 11.8 Å². The molecule has 0 bridgehead atoms. The summed E-state index contributed by atoms with van der Waals surface area (Å²) in [4.78, 5) is 16.2. The Morgan fingerprint density at radius 2 is 2.05 bits per heavy atom. The molecule has 0 spiro atoms. The van der Waals surface area contributed by atoms with Crippen LogP contribution in [-0.4, -0.2) is 16.1 Å². The summed E-state index contributed by atoms with van der Waals surface area (Å²) in [5, 5.41) is 2.59. The van der Waals surface area contributed by atoms with Gasteiger partial charge in [-0.3, -0.25) is 4.79 Å². The number of nitrogens with one attached hydrogen (secondary N) is 1. The Morgan fingerprint density at radius 1 is 1.29 bits per heavy atom. The van der Waals surface area contributed by atoms with Crippen molar-refractivity contribution < 1.29 is 13.6 Å². The Morgan fingerprint density at radius 3 is 2.71 bits per heavy atom. The number of hydrogen-bond donors (Lipinski definition) is 1. The van der Waals surface area contributed by atoms with E-state index in [1.165, 1.54) is 11.8 Å². The van der Waals surface area contributed by atoms with Crippen LogP contribution in [0.3, 0.4) is 0 Å². The van der Waals surface area contributed by atoms with Gasteiger partial charge in [0.05, 0.1) is 16.0 Å². The number of hydrogen-bond acceptors (Lipinski definition) is 3. The molecule has 1 N–H and O–H groups in total. The summed E-state index contributed by atoms with van der Waals surface area (Å²) in [6.07, 6.45) is 1.71. The van der Waals surface area contributed by atoms with Crippen molar-refractivity contribution in [2.75, 3.05) is 5.32 Å². The summed E-state index contributed by atoms with van der Waals surface area (Å²) in [6.45, 7) is 3.60. The van der Waals surface area contributed by atoms with E-state index in [1.54, 1.807) is 13.1 Å². The summed E-state index contributed by atoms with van der Waals surface area (Å²) in [5.41, 5.74) is 0.864. The van der Waals surface area contributed by atoms with Gasteiger partial charge in [-0.2, -0.15) is 0 Å². The van der Waals surface area contributed by atoms with Crippen LogP contribution in [-0.2, 0) is 4.79 Å². The Bertz CT molecular complexity index is 647. The van der Waals surface area contributed by atoms with Gasteiger partial charge in [-0.05, 0) is 37.6 Å². The maximum Gasteiger partial charge on any atom is 0.237 e. The SMILES string of the molecule is Cc1ccc(SC(C)C(=O)Nc2cc(F)ccc2F)nc1. The van der Waals surface area contributed by atoms with Crippen molar-refractivity contribution in [2.45, 2.75) is 24.1 Å². The van der Waals surface area contributed by atoms with Crippen molar-refractivity contribution in [3.8, 4) is 0 Å². The molecule has 0 saturated carbocycles. The number of anilines is 1. The van der Waals surface area contributed by atoms with Gasteiger partial charge in [0, 0.05) is 12.3 Å². The van der Waals surface area contributed by atoms with Gasteiger partial charge in [-0.1, -0.05) is 17.8 Å². The molecule has 0 fully saturated rings. The van der Waals surface area contributed by atoms with Crippen LogP contribution < -0.4 is 5.32 Å². The van der Waals surface area contributed by atoms with Crippen molar-refractivity contribution >= 4 is 23.4 Å². The zero-order valence-electron chi connectivity index (χ0n) is 11.6. The van der Waals surface area contributed by atoms with E-state index in [9.17, 15) is 13.6 Å². The molecule has 1 aromatic heterocycles. The second-order valence-corrected chi connectivity index (χ2v) is 5.91. The molecule has 2 rings (SSSR count). The van der Waals surface area contributed by atoms with Gasteiger partial charge < -0.3 is 5.32 Å². The van der Waals surface area contributed by atoms with Crippen LogP contribution in [0.25, 0.3) is 0 Å². The number of pyridine rings is 1. The first-order chi connectivity index (χ1) is 9.95. The number of benzene rings is 1. The van der Waals surface area contributed by atoms with E-state index in [0.717, 1.165) is 23.8 Å². The van der Waals surface area contributed by atoms with Gasteiger partial charge in [0.1, 0.15) is 11.6 Å². The van der Waals surface area contributed by atoms with Gasteiger partial charge in [-0.25, -0.2) is 13.8 Å².